The lowest BCUT2D eigenvalue weighted by atomic mass is 9.98. The van der Waals surface area contributed by atoms with Gasteiger partial charge >= 0.3 is 0 Å². The quantitative estimate of drug-likeness (QED) is 0.301. The van der Waals surface area contributed by atoms with Gasteiger partial charge in [-0.05, 0) is 85.5 Å². The molecular weight excluding hydrogens is 416 g/mol. The number of rotatable bonds is 10. The lowest BCUT2D eigenvalue weighted by Gasteiger charge is -2.10. The van der Waals surface area contributed by atoms with Crippen LogP contribution >= 0.6 is 0 Å². The summed E-state index contributed by atoms with van der Waals surface area (Å²) in [5.74, 6) is -2.70. The van der Waals surface area contributed by atoms with E-state index in [1.807, 2.05) is 31.2 Å². The molecule has 0 aromatic heterocycles. The molecule has 0 amide bonds. The van der Waals surface area contributed by atoms with Crippen LogP contribution in [0.5, 0.6) is 5.75 Å². The summed E-state index contributed by atoms with van der Waals surface area (Å²) in [6.45, 7) is 3.84. The topological polar surface area (TPSA) is 9.23 Å². The number of halogens is 4. The summed E-state index contributed by atoms with van der Waals surface area (Å²) >= 11 is 0. The van der Waals surface area contributed by atoms with Crippen molar-refractivity contribution in [2.45, 2.75) is 52.4 Å². The Hall–Kier alpha value is -2.82. The number of hydrogen-bond donors (Lipinski definition) is 0. The maximum atomic E-state index is 14.3. The second kappa shape index (κ2) is 11.2. The minimum Gasteiger partial charge on any atom is -0.488 e. The minimum absolute atomic E-state index is 0.119. The molecule has 0 saturated heterocycles. The van der Waals surface area contributed by atoms with E-state index in [4.69, 9.17) is 4.74 Å². The molecule has 3 aromatic carbocycles. The normalized spacial score (nSPS) is 11.1. The molecule has 170 valence electrons. The predicted molar refractivity (Wildman–Crippen MR) is 119 cm³/mol. The van der Waals surface area contributed by atoms with Crippen LogP contribution in [-0.4, -0.2) is 6.61 Å². The molecule has 0 atom stereocenters. The predicted octanol–water partition coefficient (Wildman–Crippen LogP) is 7.16. The van der Waals surface area contributed by atoms with E-state index in [1.165, 1.54) is 24.3 Å². The van der Waals surface area contributed by atoms with Gasteiger partial charge in [0, 0.05) is 5.56 Å². The van der Waals surface area contributed by atoms with Crippen molar-refractivity contribution in [3.05, 3.63) is 99.6 Å². The standard InChI is InChI=1S/C27H28F4O/c1-3-5-20-14-23(28)22(24(29)15-20)13-12-19-8-6-18(7-9-19)10-11-21-16-25(30)27(32-4-2)26(31)17-21/h6-9,14-17H,3-5,10-13H2,1-2H3. The van der Waals surface area contributed by atoms with Crippen LogP contribution < -0.4 is 4.74 Å². The smallest absolute Gasteiger partial charge is 0.190 e. The molecule has 3 rings (SSSR count). The van der Waals surface area contributed by atoms with Gasteiger partial charge in [-0.25, -0.2) is 17.6 Å². The average molecular weight is 445 g/mol. The third-order valence-electron chi connectivity index (χ3n) is 5.48. The molecule has 3 aromatic rings. The molecule has 1 nitrogen and oxygen atoms in total. The Morgan fingerprint density at radius 2 is 1.00 bits per heavy atom. The Morgan fingerprint density at radius 3 is 1.50 bits per heavy atom. The lowest BCUT2D eigenvalue weighted by molar-refractivity contribution is 0.302. The van der Waals surface area contributed by atoms with Gasteiger partial charge in [0.2, 0.25) is 0 Å². The van der Waals surface area contributed by atoms with Crippen LogP contribution in [0.1, 0.15) is 48.1 Å². The Bertz CT molecular complexity index is 998. The van der Waals surface area contributed by atoms with Crippen LogP contribution in [0.4, 0.5) is 17.6 Å². The van der Waals surface area contributed by atoms with E-state index in [2.05, 4.69) is 0 Å². The first-order valence-corrected chi connectivity index (χ1v) is 11.1. The first kappa shape index (κ1) is 23.8. The molecule has 0 saturated carbocycles. The largest absolute Gasteiger partial charge is 0.488 e. The molecule has 0 bridgehead atoms. The van der Waals surface area contributed by atoms with Gasteiger partial charge in [0.1, 0.15) is 11.6 Å². The van der Waals surface area contributed by atoms with E-state index in [0.29, 0.717) is 36.8 Å². The highest BCUT2D eigenvalue weighted by Crippen LogP contribution is 2.24. The van der Waals surface area contributed by atoms with Crippen molar-refractivity contribution < 1.29 is 22.3 Å². The van der Waals surface area contributed by atoms with Crippen LogP contribution in [0.2, 0.25) is 0 Å². The van der Waals surface area contributed by atoms with Crippen molar-refractivity contribution in [2.75, 3.05) is 6.61 Å². The highest BCUT2D eigenvalue weighted by molar-refractivity contribution is 5.33. The molecule has 0 spiro atoms. The maximum Gasteiger partial charge on any atom is 0.190 e. The minimum atomic E-state index is -0.695. The molecule has 0 radical (unpaired) electrons. The van der Waals surface area contributed by atoms with Gasteiger partial charge < -0.3 is 4.74 Å². The van der Waals surface area contributed by atoms with Gasteiger partial charge in [0.05, 0.1) is 6.61 Å². The zero-order valence-electron chi connectivity index (χ0n) is 18.5. The molecule has 5 heteroatoms. The lowest BCUT2D eigenvalue weighted by Crippen LogP contribution is -2.02. The SMILES string of the molecule is CCCc1cc(F)c(CCc2ccc(CCc3cc(F)c(OCC)c(F)c3)cc2)c(F)c1. The highest BCUT2D eigenvalue weighted by Gasteiger charge is 2.13. The Labute approximate surface area is 187 Å². The van der Waals surface area contributed by atoms with Gasteiger partial charge in [-0.2, -0.15) is 0 Å². The van der Waals surface area contributed by atoms with E-state index in [9.17, 15) is 17.6 Å². The fraction of sp³-hybridized carbons (Fsp3) is 0.333. The average Bonchev–Trinajstić information content (AvgIpc) is 2.75. The summed E-state index contributed by atoms with van der Waals surface area (Å²) in [5.41, 5.74) is 3.36. The molecule has 0 aliphatic carbocycles. The zero-order valence-corrected chi connectivity index (χ0v) is 18.5. The molecule has 0 aliphatic rings. The van der Waals surface area contributed by atoms with Crippen molar-refractivity contribution in [1.82, 2.24) is 0 Å². The van der Waals surface area contributed by atoms with Gasteiger partial charge in [0.25, 0.3) is 0 Å². The van der Waals surface area contributed by atoms with Crippen molar-refractivity contribution in [3.8, 4) is 5.75 Å². The summed E-state index contributed by atoms with van der Waals surface area (Å²) < 4.78 is 61.6. The first-order chi connectivity index (χ1) is 15.4. The van der Waals surface area contributed by atoms with E-state index in [1.54, 1.807) is 6.92 Å². The number of ether oxygens (including phenoxy) is 1. The summed E-state index contributed by atoms with van der Waals surface area (Å²) in [6.07, 6.45) is 3.42. The van der Waals surface area contributed by atoms with E-state index < -0.39 is 23.3 Å². The molecule has 0 unspecified atom stereocenters. The second-order valence-electron chi connectivity index (χ2n) is 7.93. The van der Waals surface area contributed by atoms with Gasteiger partial charge in [-0.1, -0.05) is 37.6 Å². The monoisotopic (exact) mass is 444 g/mol. The third-order valence-corrected chi connectivity index (χ3v) is 5.48. The van der Waals surface area contributed by atoms with Crippen LogP contribution in [0.25, 0.3) is 0 Å². The highest BCUT2D eigenvalue weighted by atomic mass is 19.1. The summed E-state index contributed by atoms with van der Waals surface area (Å²) in [6, 6.07) is 13.2. The first-order valence-electron chi connectivity index (χ1n) is 11.1. The van der Waals surface area contributed by atoms with E-state index in [-0.39, 0.29) is 24.3 Å². The van der Waals surface area contributed by atoms with Crippen LogP contribution in [-0.2, 0) is 32.1 Å². The fourth-order valence-corrected chi connectivity index (χ4v) is 3.80. The Kier molecular flexibility index (Phi) is 8.32. The summed E-state index contributed by atoms with van der Waals surface area (Å²) in [7, 11) is 0. The van der Waals surface area contributed by atoms with Crippen molar-refractivity contribution in [3.63, 3.8) is 0 Å². The van der Waals surface area contributed by atoms with Gasteiger partial charge in [-0.15, -0.1) is 0 Å². The molecule has 32 heavy (non-hydrogen) atoms. The third kappa shape index (κ3) is 6.12. The zero-order chi connectivity index (χ0) is 23.1. The van der Waals surface area contributed by atoms with Gasteiger partial charge in [0.15, 0.2) is 17.4 Å². The molecular formula is C27H28F4O. The number of hydrogen-bond acceptors (Lipinski definition) is 1. The molecule has 0 fully saturated rings. The van der Waals surface area contributed by atoms with Crippen LogP contribution in [0.15, 0.2) is 48.5 Å². The van der Waals surface area contributed by atoms with Crippen molar-refractivity contribution in [2.24, 2.45) is 0 Å². The number of aryl methyl sites for hydroxylation is 4. The molecule has 0 aliphatic heterocycles. The summed E-state index contributed by atoms with van der Waals surface area (Å²) in [4.78, 5) is 0. The fourth-order valence-electron chi connectivity index (χ4n) is 3.80. The molecule has 0 heterocycles. The Balaban J connectivity index is 1.58. The second-order valence-corrected chi connectivity index (χ2v) is 7.93. The van der Waals surface area contributed by atoms with E-state index in [0.717, 1.165) is 17.5 Å². The van der Waals surface area contributed by atoms with Crippen LogP contribution in [0.3, 0.4) is 0 Å². The Morgan fingerprint density at radius 1 is 0.562 bits per heavy atom. The van der Waals surface area contributed by atoms with Crippen molar-refractivity contribution in [1.29, 1.82) is 0 Å². The summed E-state index contributed by atoms with van der Waals surface area (Å²) in [5, 5.41) is 0. The van der Waals surface area contributed by atoms with Crippen molar-refractivity contribution >= 4 is 0 Å². The van der Waals surface area contributed by atoms with Gasteiger partial charge in [-0.3, -0.25) is 0 Å². The maximum absolute atomic E-state index is 14.3. The number of benzene rings is 3. The van der Waals surface area contributed by atoms with E-state index >= 15 is 0 Å². The molecule has 0 N–H and O–H groups in total. The van der Waals surface area contributed by atoms with Crippen LogP contribution in [0, 0.1) is 23.3 Å².